The molecule has 142 valence electrons. The van der Waals surface area contributed by atoms with Gasteiger partial charge in [-0.15, -0.1) is 0 Å². The van der Waals surface area contributed by atoms with E-state index in [9.17, 15) is 8.42 Å². The van der Waals surface area contributed by atoms with E-state index >= 15 is 0 Å². The first-order valence-electron chi connectivity index (χ1n) is 9.13. The molecule has 0 aliphatic carbocycles. The van der Waals surface area contributed by atoms with Crippen LogP contribution in [0.25, 0.3) is 0 Å². The predicted octanol–water partition coefficient (Wildman–Crippen LogP) is 2.57. The number of ether oxygens (including phenoxy) is 1. The summed E-state index contributed by atoms with van der Waals surface area (Å²) >= 11 is 0. The normalized spacial score (nSPS) is 21.0. The zero-order valence-electron chi connectivity index (χ0n) is 15.3. The summed E-state index contributed by atoms with van der Waals surface area (Å²) in [6, 6.07) is 15.1. The molecule has 0 radical (unpaired) electrons. The third kappa shape index (κ3) is 3.57. The summed E-state index contributed by atoms with van der Waals surface area (Å²) in [5, 5.41) is 0. The third-order valence-electron chi connectivity index (χ3n) is 5.17. The molecule has 2 aliphatic rings. The first-order valence-corrected chi connectivity index (χ1v) is 10.6. The molecule has 7 heteroatoms. The topological polar surface area (TPSA) is 71.0 Å². The number of hydrogen-bond acceptors (Lipinski definition) is 5. The molecular weight excluding hydrogens is 362 g/mol. The maximum absolute atomic E-state index is 12.3. The minimum atomic E-state index is -3.51. The van der Waals surface area contributed by atoms with E-state index in [0.717, 1.165) is 24.4 Å². The van der Waals surface area contributed by atoms with Gasteiger partial charge >= 0.3 is 0 Å². The fourth-order valence-corrected chi connectivity index (χ4v) is 4.99. The maximum atomic E-state index is 12.3. The number of nitrogens with zero attached hydrogens (tertiary/aromatic N) is 2. The standard InChI is InChI=1S/C20H23N3O3S/c1-26-16-10-8-15(9-11-16)18(23-12-4-5-13-23)14-21-20-17-6-2-3-7-19(17)27(24,25)22-20/h2-3,6-11,18H,4-5,12-14H2,1H3,(H,21,22). The van der Waals surface area contributed by atoms with Gasteiger partial charge in [0.25, 0.3) is 10.0 Å². The van der Waals surface area contributed by atoms with Crippen molar-refractivity contribution in [3.63, 3.8) is 0 Å². The number of fused-ring (bicyclic) bond motifs is 1. The van der Waals surface area contributed by atoms with Crippen molar-refractivity contribution in [3.05, 3.63) is 59.7 Å². The second-order valence-electron chi connectivity index (χ2n) is 6.82. The van der Waals surface area contributed by atoms with Crippen molar-refractivity contribution in [2.45, 2.75) is 23.8 Å². The van der Waals surface area contributed by atoms with Gasteiger partial charge in [-0.3, -0.25) is 14.6 Å². The summed E-state index contributed by atoms with van der Waals surface area (Å²) in [7, 11) is -1.85. The minimum absolute atomic E-state index is 0.114. The summed E-state index contributed by atoms with van der Waals surface area (Å²) in [5.74, 6) is 1.26. The van der Waals surface area contributed by atoms with Gasteiger partial charge in [0.1, 0.15) is 11.6 Å². The van der Waals surface area contributed by atoms with Gasteiger partial charge in [-0.1, -0.05) is 24.3 Å². The highest BCUT2D eigenvalue weighted by Gasteiger charge is 2.31. The highest BCUT2D eigenvalue weighted by Crippen LogP contribution is 2.28. The van der Waals surface area contributed by atoms with Crippen LogP contribution in [-0.4, -0.2) is 45.9 Å². The van der Waals surface area contributed by atoms with Gasteiger partial charge < -0.3 is 4.74 Å². The van der Waals surface area contributed by atoms with Crippen molar-refractivity contribution in [2.75, 3.05) is 26.7 Å². The lowest BCUT2D eigenvalue weighted by atomic mass is 10.1. The molecule has 0 aromatic heterocycles. The first kappa shape index (κ1) is 18.0. The van der Waals surface area contributed by atoms with Crippen LogP contribution in [0.5, 0.6) is 5.75 Å². The van der Waals surface area contributed by atoms with Gasteiger partial charge in [0, 0.05) is 5.56 Å². The Morgan fingerprint density at radius 3 is 2.52 bits per heavy atom. The molecule has 1 atom stereocenters. The lowest BCUT2D eigenvalue weighted by Gasteiger charge is -2.26. The summed E-state index contributed by atoms with van der Waals surface area (Å²) in [6.45, 7) is 2.56. The van der Waals surface area contributed by atoms with Gasteiger partial charge in [-0.2, -0.15) is 0 Å². The van der Waals surface area contributed by atoms with Gasteiger partial charge in [-0.25, -0.2) is 8.42 Å². The molecule has 1 N–H and O–H groups in total. The molecule has 2 aromatic rings. The molecule has 2 heterocycles. The van der Waals surface area contributed by atoms with Crippen molar-refractivity contribution in [2.24, 2.45) is 4.99 Å². The molecule has 1 unspecified atom stereocenters. The SMILES string of the molecule is COc1ccc(C(CN=C2NS(=O)(=O)c3ccccc32)N2CCCC2)cc1. The summed E-state index contributed by atoms with van der Waals surface area (Å²) in [4.78, 5) is 7.39. The molecule has 6 nitrogen and oxygen atoms in total. The number of likely N-dealkylation sites (tertiary alicyclic amines) is 1. The van der Waals surface area contributed by atoms with Crippen molar-refractivity contribution in [3.8, 4) is 5.75 Å². The van der Waals surface area contributed by atoms with Crippen LogP contribution < -0.4 is 9.46 Å². The van der Waals surface area contributed by atoms with E-state index in [2.05, 4.69) is 26.7 Å². The zero-order valence-corrected chi connectivity index (χ0v) is 16.1. The van der Waals surface area contributed by atoms with E-state index in [1.54, 1.807) is 25.3 Å². The number of amidine groups is 1. The van der Waals surface area contributed by atoms with Gasteiger partial charge in [-0.05, 0) is 55.8 Å². The molecule has 1 fully saturated rings. The van der Waals surface area contributed by atoms with Crippen LogP contribution in [0.2, 0.25) is 0 Å². The number of benzene rings is 2. The van der Waals surface area contributed by atoms with Crippen molar-refractivity contribution in [1.29, 1.82) is 0 Å². The Hall–Kier alpha value is -2.38. The summed E-state index contributed by atoms with van der Waals surface area (Å²) < 4.78 is 32.4. The van der Waals surface area contributed by atoms with Crippen LogP contribution in [-0.2, 0) is 10.0 Å². The van der Waals surface area contributed by atoms with E-state index in [0.29, 0.717) is 22.8 Å². The largest absolute Gasteiger partial charge is 0.497 e. The fourth-order valence-electron chi connectivity index (χ4n) is 3.74. The predicted molar refractivity (Wildman–Crippen MR) is 105 cm³/mol. The van der Waals surface area contributed by atoms with Crippen molar-refractivity contribution < 1.29 is 13.2 Å². The number of hydrogen-bond donors (Lipinski definition) is 1. The lowest BCUT2D eigenvalue weighted by molar-refractivity contribution is 0.251. The molecule has 2 aliphatic heterocycles. The molecule has 27 heavy (non-hydrogen) atoms. The second kappa shape index (κ2) is 7.32. The number of methoxy groups -OCH3 is 1. The Kier molecular flexibility index (Phi) is 4.88. The Morgan fingerprint density at radius 1 is 1.11 bits per heavy atom. The molecule has 2 aromatic carbocycles. The van der Waals surface area contributed by atoms with E-state index in [-0.39, 0.29) is 6.04 Å². The average Bonchev–Trinajstić information content (AvgIpc) is 3.30. The van der Waals surface area contributed by atoms with Crippen LogP contribution >= 0.6 is 0 Å². The Morgan fingerprint density at radius 2 is 1.81 bits per heavy atom. The Labute approximate surface area is 159 Å². The molecular formula is C20H23N3O3S. The minimum Gasteiger partial charge on any atom is -0.497 e. The van der Waals surface area contributed by atoms with Gasteiger partial charge in [0.15, 0.2) is 0 Å². The fraction of sp³-hybridized carbons (Fsp3) is 0.350. The van der Waals surface area contributed by atoms with E-state index < -0.39 is 10.0 Å². The third-order valence-corrected chi connectivity index (χ3v) is 6.56. The van der Waals surface area contributed by atoms with Crippen molar-refractivity contribution in [1.82, 2.24) is 9.62 Å². The van der Waals surface area contributed by atoms with Gasteiger partial charge in [0.2, 0.25) is 0 Å². The smallest absolute Gasteiger partial charge is 0.263 e. The number of nitrogens with one attached hydrogen (secondary N) is 1. The lowest BCUT2D eigenvalue weighted by Crippen LogP contribution is -2.29. The molecule has 0 spiro atoms. The summed E-state index contributed by atoms with van der Waals surface area (Å²) in [6.07, 6.45) is 2.36. The Bertz CT molecular complexity index is 949. The van der Waals surface area contributed by atoms with Crippen LogP contribution in [0.15, 0.2) is 58.4 Å². The highest BCUT2D eigenvalue weighted by atomic mass is 32.2. The van der Waals surface area contributed by atoms with Gasteiger partial charge in [0.05, 0.1) is 24.6 Å². The molecule has 0 amide bonds. The second-order valence-corrected chi connectivity index (χ2v) is 8.47. The highest BCUT2D eigenvalue weighted by molar-refractivity contribution is 7.90. The van der Waals surface area contributed by atoms with Crippen LogP contribution in [0.4, 0.5) is 0 Å². The van der Waals surface area contributed by atoms with E-state index in [1.165, 1.54) is 12.8 Å². The number of rotatable bonds is 5. The zero-order chi connectivity index (χ0) is 18.9. The van der Waals surface area contributed by atoms with E-state index in [4.69, 9.17) is 4.74 Å². The molecule has 4 rings (SSSR count). The summed E-state index contributed by atoms with van der Waals surface area (Å²) in [5.41, 5.74) is 1.81. The molecule has 0 saturated carbocycles. The van der Waals surface area contributed by atoms with Crippen LogP contribution in [0.3, 0.4) is 0 Å². The number of aliphatic imine (C=N–C) groups is 1. The maximum Gasteiger partial charge on any atom is 0.263 e. The molecule has 0 bridgehead atoms. The first-order chi connectivity index (χ1) is 13.1. The van der Waals surface area contributed by atoms with E-state index in [1.807, 2.05) is 18.2 Å². The Balaban J connectivity index is 1.63. The number of sulfonamides is 1. The van der Waals surface area contributed by atoms with Crippen LogP contribution in [0, 0.1) is 0 Å². The molecule has 1 saturated heterocycles. The quantitative estimate of drug-likeness (QED) is 0.859. The van der Waals surface area contributed by atoms with Crippen LogP contribution in [0.1, 0.15) is 30.0 Å². The van der Waals surface area contributed by atoms with Crippen molar-refractivity contribution >= 4 is 15.9 Å². The monoisotopic (exact) mass is 385 g/mol. The average molecular weight is 385 g/mol.